The van der Waals surface area contributed by atoms with Crippen molar-refractivity contribution < 1.29 is 24.5 Å². The van der Waals surface area contributed by atoms with Gasteiger partial charge in [-0.3, -0.25) is 4.79 Å². The van der Waals surface area contributed by atoms with E-state index in [4.69, 9.17) is 14.9 Å². The molecule has 1 heterocycles. The summed E-state index contributed by atoms with van der Waals surface area (Å²) in [5, 5.41) is 20.9. The summed E-state index contributed by atoms with van der Waals surface area (Å²) >= 11 is 0. The lowest BCUT2D eigenvalue weighted by molar-refractivity contribution is -0.142. The zero-order valence-corrected chi connectivity index (χ0v) is 11.5. The Labute approximate surface area is 117 Å². The highest BCUT2D eigenvalue weighted by atomic mass is 16.5. The number of hydrogen-bond acceptors (Lipinski definition) is 4. The number of carboxylic acid groups (broad SMARTS) is 1. The predicted octanol–water partition coefficient (Wildman–Crippen LogP) is -0.110. The minimum absolute atomic E-state index is 0.0196. The van der Waals surface area contributed by atoms with Crippen molar-refractivity contribution in [2.75, 3.05) is 32.8 Å². The monoisotopic (exact) mass is 286 g/mol. The van der Waals surface area contributed by atoms with Gasteiger partial charge in [-0.2, -0.15) is 0 Å². The zero-order valence-electron chi connectivity index (χ0n) is 11.5. The van der Waals surface area contributed by atoms with Crippen molar-refractivity contribution in [1.82, 2.24) is 10.2 Å². The van der Waals surface area contributed by atoms with Gasteiger partial charge in [0.05, 0.1) is 31.8 Å². The second-order valence-electron chi connectivity index (χ2n) is 5.44. The number of hydrogen-bond donors (Lipinski definition) is 3. The molecule has 2 fully saturated rings. The smallest absolute Gasteiger partial charge is 0.317 e. The Bertz CT molecular complexity index is 363. The summed E-state index contributed by atoms with van der Waals surface area (Å²) in [6.45, 7) is 1.58. The van der Waals surface area contributed by atoms with Gasteiger partial charge in [-0.1, -0.05) is 6.42 Å². The molecule has 1 saturated carbocycles. The van der Waals surface area contributed by atoms with Gasteiger partial charge in [0.15, 0.2) is 0 Å². The zero-order chi connectivity index (χ0) is 14.5. The first-order valence-electron chi connectivity index (χ1n) is 7.10. The molecule has 0 radical (unpaired) electrons. The van der Waals surface area contributed by atoms with Crippen LogP contribution in [0.15, 0.2) is 0 Å². The summed E-state index contributed by atoms with van der Waals surface area (Å²) in [7, 11) is 0. The summed E-state index contributed by atoms with van der Waals surface area (Å²) in [6.07, 6.45) is 2.12. The van der Waals surface area contributed by atoms with Crippen molar-refractivity contribution in [3.8, 4) is 0 Å². The van der Waals surface area contributed by atoms with Gasteiger partial charge in [-0.25, -0.2) is 4.79 Å². The number of nitrogens with zero attached hydrogens (tertiary/aromatic N) is 1. The molecule has 0 aromatic rings. The molecule has 1 aliphatic carbocycles. The van der Waals surface area contributed by atoms with Crippen molar-refractivity contribution in [3.05, 3.63) is 0 Å². The van der Waals surface area contributed by atoms with Gasteiger partial charge in [0, 0.05) is 13.1 Å². The molecule has 3 N–H and O–H groups in total. The number of amides is 2. The molecule has 3 unspecified atom stereocenters. The summed E-state index contributed by atoms with van der Waals surface area (Å²) in [5.41, 5.74) is 0. The lowest BCUT2D eigenvalue weighted by atomic mass is 9.96. The Hall–Kier alpha value is -1.34. The molecule has 2 amide bonds. The van der Waals surface area contributed by atoms with Crippen LogP contribution < -0.4 is 5.32 Å². The molecule has 0 aromatic carbocycles. The van der Waals surface area contributed by atoms with Gasteiger partial charge in [0.1, 0.15) is 0 Å². The first-order valence-corrected chi connectivity index (χ1v) is 7.10. The van der Waals surface area contributed by atoms with Gasteiger partial charge < -0.3 is 25.2 Å². The topological polar surface area (TPSA) is 99.1 Å². The van der Waals surface area contributed by atoms with Gasteiger partial charge in [0.2, 0.25) is 0 Å². The van der Waals surface area contributed by atoms with Crippen LogP contribution in [0.4, 0.5) is 4.79 Å². The number of aliphatic hydroxyl groups is 1. The number of nitrogens with one attached hydrogen (secondary N) is 1. The van der Waals surface area contributed by atoms with E-state index in [1.54, 1.807) is 4.90 Å². The number of aliphatic carboxylic acids is 1. The van der Waals surface area contributed by atoms with E-state index in [1.807, 2.05) is 0 Å². The maximum atomic E-state index is 12.0. The minimum atomic E-state index is -0.770. The minimum Gasteiger partial charge on any atom is -0.481 e. The van der Waals surface area contributed by atoms with Crippen LogP contribution in [0.2, 0.25) is 0 Å². The molecule has 3 atom stereocenters. The van der Waals surface area contributed by atoms with Gasteiger partial charge >= 0.3 is 12.0 Å². The maximum absolute atomic E-state index is 12.0. The Morgan fingerprint density at radius 1 is 1.35 bits per heavy atom. The lowest BCUT2D eigenvalue weighted by Crippen LogP contribution is -2.51. The highest BCUT2D eigenvalue weighted by Gasteiger charge is 2.33. The van der Waals surface area contributed by atoms with Crippen molar-refractivity contribution in [2.24, 2.45) is 11.8 Å². The van der Waals surface area contributed by atoms with E-state index in [0.29, 0.717) is 32.7 Å². The Balaban J connectivity index is 1.78. The normalized spacial score (nSPS) is 30.2. The number of rotatable bonds is 4. The van der Waals surface area contributed by atoms with Crippen molar-refractivity contribution >= 4 is 12.0 Å². The third-order valence-corrected chi connectivity index (χ3v) is 4.12. The largest absolute Gasteiger partial charge is 0.481 e. The Morgan fingerprint density at radius 3 is 2.85 bits per heavy atom. The van der Waals surface area contributed by atoms with Crippen LogP contribution in [0.3, 0.4) is 0 Å². The maximum Gasteiger partial charge on any atom is 0.317 e. The number of urea groups is 1. The molecule has 1 aliphatic heterocycles. The third kappa shape index (κ3) is 3.61. The quantitative estimate of drug-likeness (QED) is 0.669. The first-order chi connectivity index (χ1) is 9.61. The third-order valence-electron chi connectivity index (χ3n) is 4.12. The molecule has 2 rings (SSSR count). The number of ether oxygens (including phenoxy) is 1. The van der Waals surface area contributed by atoms with Crippen LogP contribution in [0, 0.1) is 11.8 Å². The SMILES string of the molecule is O=C(O)C1CCCC1CNC(=O)N1CCOC(CO)C1. The number of carboxylic acids is 1. The summed E-state index contributed by atoms with van der Waals surface area (Å²) in [6, 6.07) is -0.206. The molecule has 7 nitrogen and oxygen atoms in total. The average Bonchev–Trinajstić information content (AvgIpc) is 2.93. The van der Waals surface area contributed by atoms with Gasteiger partial charge in [0.25, 0.3) is 0 Å². The number of carbonyl (C=O) groups is 2. The van der Waals surface area contributed by atoms with Gasteiger partial charge in [-0.05, 0) is 18.8 Å². The molecule has 0 bridgehead atoms. The van der Waals surface area contributed by atoms with Crippen molar-refractivity contribution in [2.45, 2.75) is 25.4 Å². The van der Waals surface area contributed by atoms with Crippen molar-refractivity contribution in [3.63, 3.8) is 0 Å². The summed E-state index contributed by atoms with van der Waals surface area (Å²) in [5.74, 6) is -1.09. The highest BCUT2D eigenvalue weighted by Crippen LogP contribution is 2.31. The van der Waals surface area contributed by atoms with Crippen molar-refractivity contribution in [1.29, 1.82) is 0 Å². The van der Waals surface area contributed by atoms with Crippen LogP contribution in [0.25, 0.3) is 0 Å². The highest BCUT2D eigenvalue weighted by molar-refractivity contribution is 5.74. The van der Waals surface area contributed by atoms with Crippen LogP contribution >= 0.6 is 0 Å². The Morgan fingerprint density at radius 2 is 2.15 bits per heavy atom. The van der Waals surface area contributed by atoms with Crippen LogP contribution in [0.1, 0.15) is 19.3 Å². The van der Waals surface area contributed by atoms with E-state index in [9.17, 15) is 9.59 Å². The standard InChI is InChI=1S/C13H22N2O5/c16-8-10-7-15(4-5-20-10)13(19)14-6-9-2-1-3-11(9)12(17)18/h9-11,16H,1-8H2,(H,14,19)(H,17,18). The summed E-state index contributed by atoms with van der Waals surface area (Å²) in [4.78, 5) is 24.7. The van der Waals surface area contributed by atoms with E-state index in [2.05, 4.69) is 5.32 Å². The van der Waals surface area contributed by atoms with Crippen LogP contribution in [0.5, 0.6) is 0 Å². The fraction of sp³-hybridized carbons (Fsp3) is 0.846. The van der Waals surface area contributed by atoms with E-state index in [1.165, 1.54) is 0 Å². The molecule has 20 heavy (non-hydrogen) atoms. The molecule has 1 saturated heterocycles. The number of morpholine rings is 1. The Kier molecular flexibility index (Phi) is 5.19. The molecule has 0 spiro atoms. The van der Waals surface area contributed by atoms with Crippen LogP contribution in [-0.4, -0.2) is 66.1 Å². The summed E-state index contributed by atoms with van der Waals surface area (Å²) < 4.78 is 5.28. The van der Waals surface area contributed by atoms with E-state index in [-0.39, 0.29) is 30.6 Å². The molecular formula is C13H22N2O5. The lowest BCUT2D eigenvalue weighted by Gasteiger charge is -2.32. The predicted molar refractivity (Wildman–Crippen MR) is 70.3 cm³/mol. The molecule has 0 aromatic heterocycles. The van der Waals surface area contributed by atoms with Gasteiger partial charge in [-0.15, -0.1) is 0 Å². The first kappa shape index (κ1) is 15.1. The van der Waals surface area contributed by atoms with E-state index < -0.39 is 5.97 Å². The fourth-order valence-corrected chi connectivity index (χ4v) is 2.95. The number of carbonyl (C=O) groups excluding carboxylic acids is 1. The molecule has 2 aliphatic rings. The van der Waals surface area contributed by atoms with E-state index >= 15 is 0 Å². The second kappa shape index (κ2) is 6.90. The second-order valence-corrected chi connectivity index (χ2v) is 5.44. The van der Waals surface area contributed by atoms with E-state index in [0.717, 1.165) is 12.8 Å². The number of aliphatic hydroxyl groups excluding tert-OH is 1. The molecule has 7 heteroatoms. The van der Waals surface area contributed by atoms with Crippen LogP contribution in [-0.2, 0) is 9.53 Å². The average molecular weight is 286 g/mol. The fourth-order valence-electron chi connectivity index (χ4n) is 2.95. The molecular weight excluding hydrogens is 264 g/mol. The molecule has 114 valence electrons.